The zero-order valence-electron chi connectivity index (χ0n) is 14.8. The number of aromatic nitrogens is 2. The van der Waals surface area contributed by atoms with Gasteiger partial charge in [-0.3, -0.25) is 14.6 Å². The second-order valence-corrected chi connectivity index (χ2v) is 7.23. The van der Waals surface area contributed by atoms with Crippen molar-refractivity contribution in [2.45, 2.75) is 6.92 Å². The van der Waals surface area contributed by atoms with Crippen molar-refractivity contribution in [1.82, 2.24) is 14.9 Å². The Hall–Kier alpha value is -2.84. The summed E-state index contributed by atoms with van der Waals surface area (Å²) in [4.78, 5) is 35.5. The summed E-state index contributed by atoms with van der Waals surface area (Å²) >= 11 is 1.31. The average Bonchev–Trinajstić information content (AvgIpc) is 3.14. The highest BCUT2D eigenvalue weighted by Gasteiger charge is 2.22. The van der Waals surface area contributed by atoms with Crippen molar-refractivity contribution in [3.8, 4) is 0 Å². The maximum Gasteiger partial charge on any atom is 0.284 e. The predicted octanol–water partition coefficient (Wildman–Crippen LogP) is 2.72. The van der Waals surface area contributed by atoms with E-state index >= 15 is 0 Å². The third kappa shape index (κ3) is 3.54. The molecule has 1 N–H and O–H groups in total. The first-order chi connectivity index (χ1) is 13.1. The summed E-state index contributed by atoms with van der Waals surface area (Å²) in [6, 6.07) is 7.18. The fraction of sp³-hybridized carbons (Fsp3) is 0.263. The van der Waals surface area contributed by atoms with Gasteiger partial charge in [-0.25, -0.2) is 4.98 Å². The third-order valence-electron chi connectivity index (χ3n) is 4.49. The van der Waals surface area contributed by atoms with Crippen molar-refractivity contribution in [1.29, 1.82) is 0 Å². The number of carbonyl (C=O) groups is 2. The topological polar surface area (TPSA) is 84.4 Å². The molecule has 138 valence electrons. The van der Waals surface area contributed by atoms with Crippen molar-refractivity contribution in [2.75, 3.05) is 31.6 Å². The van der Waals surface area contributed by atoms with E-state index in [-0.39, 0.29) is 11.8 Å². The molecule has 7 nitrogen and oxygen atoms in total. The van der Waals surface area contributed by atoms with Crippen LogP contribution in [-0.2, 0) is 4.74 Å². The minimum Gasteiger partial charge on any atom is -0.378 e. The molecule has 0 saturated carbocycles. The molecule has 1 aromatic carbocycles. The van der Waals surface area contributed by atoms with Crippen LogP contribution in [-0.4, -0.2) is 53.0 Å². The standard InChI is InChI=1S/C19H18N4O3S/c1-12-13(19(25)23-7-9-26-10-8-23)3-2-4-14(12)21-17(24)18-22-15-11-20-6-5-16(15)27-18/h2-6,11H,7-10H2,1H3,(H,21,24). The monoisotopic (exact) mass is 382 g/mol. The van der Waals surface area contributed by atoms with E-state index in [0.29, 0.717) is 48.1 Å². The number of pyridine rings is 1. The summed E-state index contributed by atoms with van der Waals surface area (Å²) in [6.45, 7) is 4.09. The van der Waals surface area contributed by atoms with Gasteiger partial charge in [0.2, 0.25) is 0 Å². The molecule has 3 heterocycles. The van der Waals surface area contributed by atoms with E-state index < -0.39 is 0 Å². The zero-order valence-corrected chi connectivity index (χ0v) is 15.6. The minimum atomic E-state index is -0.296. The third-order valence-corrected chi connectivity index (χ3v) is 5.53. The molecule has 1 aliphatic heterocycles. The first-order valence-corrected chi connectivity index (χ1v) is 9.43. The lowest BCUT2D eigenvalue weighted by atomic mass is 10.0. The van der Waals surface area contributed by atoms with Crippen LogP contribution in [0.15, 0.2) is 36.7 Å². The van der Waals surface area contributed by atoms with Gasteiger partial charge in [0.15, 0.2) is 5.01 Å². The highest BCUT2D eigenvalue weighted by Crippen LogP contribution is 2.24. The number of rotatable bonds is 3. The first kappa shape index (κ1) is 17.6. The number of nitrogens with zero attached hydrogens (tertiary/aromatic N) is 3. The van der Waals surface area contributed by atoms with Gasteiger partial charge in [0.25, 0.3) is 11.8 Å². The Labute approximate surface area is 160 Å². The molecule has 2 aromatic heterocycles. The van der Waals surface area contributed by atoms with Crippen LogP contribution < -0.4 is 5.32 Å². The number of anilines is 1. The number of nitrogens with one attached hydrogen (secondary N) is 1. The van der Waals surface area contributed by atoms with Crippen molar-refractivity contribution >= 4 is 39.1 Å². The van der Waals surface area contributed by atoms with E-state index in [9.17, 15) is 9.59 Å². The number of benzene rings is 1. The van der Waals surface area contributed by atoms with Gasteiger partial charge < -0.3 is 15.0 Å². The van der Waals surface area contributed by atoms with Crippen LogP contribution in [0.25, 0.3) is 10.2 Å². The maximum atomic E-state index is 12.8. The van der Waals surface area contributed by atoms with Crippen molar-refractivity contribution < 1.29 is 14.3 Å². The van der Waals surface area contributed by atoms with Crippen LogP contribution in [0, 0.1) is 6.92 Å². The van der Waals surface area contributed by atoms with Gasteiger partial charge in [0.1, 0.15) is 5.52 Å². The lowest BCUT2D eigenvalue weighted by Crippen LogP contribution is -2.41. The minimum absolute atomic E-state index is 0.0436. The number of morpholine rings is 1. The summed E-state index contributed by atoms with van der Waals surface area (Å²) in [6.07, 6.45) is 3.31. The SMILES string of the molecule is Cc1c(NC(=O)c2nc3cnccc3s2)cccc1C(=O)N1CCOCC1. The van der Waals surface area contributed by atoms with Crippen molar-refractivity contribution in [3.63, 3.8) is 0 Å². The quantitative estimate of drug-likeness (QED) is 0.753. The molecular formula is C19H18N4O3S. The smallest absolute Gasteiger partial charge is 0.284 e. The molecule has 0 bridgehead atoms. The zero-order chi connectivity index (χ0) is 18.8. The summed E-state index contributed by atoms with van der Waals surface area (Å²) < 4.78 is 6.21. The summed E-state index contributed by atoms with van der Waals surface area (Å²) in [7, 11) is 0. The maximum absolute atomic E-state index is 12.8. The van der Waals surface area contributed by atoms with Gasteiger partial charge in [-0.2, -0.15) is 0 Å². The molecule has 0 unspecified atom stereocenters. The lowest BCUT2D eigenvalue weighted by molar-refractivity contribution is 0.0302. The average molecular weight is 382 g/mol. The van der Waals surface area contributed by atoms with Crippen LogP contribution in [0.4, 0.5) is 5.69 Å². The second-order valence-electron chi connectivity index (χ2n) is 6.20. The predicted molar refractivity (Wildman–Crippen MR) is 103 cm³/mol. The second kappa shape index (κ2) is 7.42. The molecule has 1 saturated heterocycles. The molecule has 0 aliphatic carbocycles. The molecule has 2 amide bonds. The van der Waals surface area contributed by atoms with E-state index in [1.54, 1.807) is 35.5 Å². The molecule has 1 aliphatic rings. The number of fused-ring (bicyclic) bond motifs is 1. The van der Waals surface area contributed by atoms with E-state index in [0.717, 1.165) is 10.3 Å². The van der Waals surface area contributed by atoms with Crippen LogP contribution >= 0.6 is 11.3 Å². The first-order valence-electron chi connectivity index (χ1n) is 8.62. The molecule has 0 radical (unpaired) electrons. The number of ether oxygens (including phenoxy) is 1. The van der Waals surface area contributed by atoms with E-state index in [1.165, 1.54) is 11.3 Å². The molecular weight excluding hydrogens is 364 g/mol. The Morgan fingerprint density at radius 1 is 1.22 bits per heavy atom. The van der Waals surface area contributed by atoms with Gasteiger partial charge in [-0.15, -0.1) is 11.3 Å². The molecule has 3 aromatic rings. The molecule has 8 heteroatoms. The molecule has 4 rings (SSSR count). The largest absolute Gasteiger partial charge is 0.378 e. The lowest BCUT2D eigenvalue weighted by Gasteiger charge is -2.27. The highest BCUT2D eigenvalue weighted by atomic mass is 32.1. The van der Waals surface area contributed by atoms with Crippen molar-refractivity contribution in [3.05, 3.63) is 52.8 Å². The fourth-order valence-electron chi connectivity index (χ4n) is 2.99. The highest BCUT2D eigenvalue weighted by molar-refractivity contribution is 7.20. The van der Waals surface area contributed by atoms with E-state index in [1.807, 2.05) is 13.0 Å². The van der Waals surface area contributed by atoms with Crippen molar-refractivity contribution in [2.24, 2.45) is 0 Å². The fourth-order valence-corrected chi connectivity index (χ4v) is 3.82. The van der Waals surface area contributed by atoms with Crippen LogP contribution in [0.2, 0.25) is 0 Å². The normalized spacial score (nSPS) is 14.3. The summed E-state index contributed by atoms with van der Waals surface area (Å²) in [5.41, 5.74) is 2.63. The van der Waals surface area contributed by atoms with E-state index in [2.05, 4.69) is 15.3 Å². The summed E-state index contributed by atoms with van der Waals surface area (Å²) in [5, 5.41) is 3.24. The van der Waals surface area contributed by atoms with E-state index in [4.69, 9.17) is 4.74 Å². The number of thiazole rings is 1. The van der Waals surface area contributed by atoms with Gasteiger partial charge in [-0.1, -0.05) is 6.07 Å². The van der Waals surface area contributed by atoms with Gasteiger partial charge in [0.05, 0.1) is 24.1 Å². The number of hydrogen-bond acceptors (Lipinski definition) is 6. The molecule has 0 atom stereocenters. The number of carbonyl (C=O) groups excluding carboxylic acids is 2. The summed E-state index contributed by atoms with van der Waals surface area (Å²) in [5.74, 6) is -0.340. The Bertz CT molecular complexity index is 978. The van der Waals surface area contributed by atoms with Gasteiger partial charge >= 0.3 is 0 Å². The molecule has 27 heavy (non-hydrogen) atoms. The number of hydrogen-bond donors (Lipinski definition) is 1. The Morgan fingerprint density at radius 3 is 2.81 bits per heavy atom. The van der Waals surface area contributed by atoms with Crippen LogP contribution in [0.5, 0.6) is 0 Å². The Kier molecular flexibility index (Phi) is 4.83. The number of amides is 2. The molecule has 1 fully saturated rings. The molecule has 0 spiro atoms. The Morgan fingerprint density at radius 2 is 2.04 bits per heavy atom. The van der Waals surface area contributed by atoms with Gasteiger partial charge in [-0.05, 0) is 30.7 Å². The van der Waals surface area contributed by atoms with Crippen LogP contribution in [0.3, 0.4) is 0 Å². The van der Waals surface area contributed by atoms with Gasteiger partial charge in [0, 0.05) is 30.5 Å². The van der Waals surface area contributed by atoms with Crippen LogP contribution in [0.1, 0.15) is 25.7 Å². The Balaban J connectivity index is 1.56.